The van der Waals surface area contributed by atoms with Gasteiger partial charge in [0.05, 0.1) is 18.7 Å². The van der Waals surface area contributed by atoms with Crippen LogP contribution in [-0.2, 0) is 5.88 Å². The summed E-state index contributed by atoms with van der Waals surface area (Å²) in [5, 5.41) is 0. The van der Waals surface area contributed by atoms with Crippen molar-refractivity contribution in [3.8, 4) is 11.6 Å². The summed E-state index contributed by atoms with van der Waals surface area (Å²) in [4.78, 5) is 9.05. The fraction of sp³-hybridized carbons (Fsp3) is 0.200. The molecule has 0 aliphatic heterocycles. The maximum absolute atomic E-state index is 6.06. The molecular weight excluding hydrogens is 354 g/mol. The van der Waals surface area contributed by atoms with Crippen LogP contribution in [0.3, 0.4) is 0 Å². The number of alkyl halides is 1. The lowest BCUT2D eigenvalue weighted by Gasteiger charge is -2.11. The Kier molecular flexibility index (Phi) is 3.87. The molecule has 1 aromatic carbocycles. The van der Waals surface area contributed by atoms with Crippen LogP contribution in [0.1, 0.15) is 11.4 Å². The van der Waals surface area contributed by atoms with E-state index < -0.39 is 0 Å². The Labute approximate surface area is 135 Å². The second-order valence-electron chi connectivity index (χ2n) is 4.60. The largest absolute Gasteiger partial charge is 0.481 e. The monoisotopic (exact) mass is 365 g/mol. The number of aryl methyl sites for hydroxylation is 1. The van der Waals surface area contributed by atoms with Gasteiger partial charge in [0.25, 0.3) is 0 Å². The van der Waals surface area contributed by atoms with Gasteiger partial charge in [-0.15, -0.1) is 11.6 Å². The predicted molar refractivity (Wildman–Crippen MR) is 87.4 cm³/mol. The van der Waals surface area contributed by atoms with Gasteiger partial charge < -0.3 is 4.74 Å². The smallest absolute Gasteiger partial charge is 0.215 e. The summed E-state index contributed by atoms with van der Waals surface area (Å²) in [5.41, 5.74) is 3.63. The molecule has 21 heavy (non-hydrogen) atoms. The van der Waals surface area contributed by atoms with Gasteiger partial charge in [-0.1, -0.05) is 12.1 Å². The van der Waals surface area contributed by atoms with Crippen molar-refractivity contribution < 1.29 is 4.74 Å². The number of pyridine rings is 1. The number of imidazole rings is 1. The highest BCUT2D eigenvalue weighted by molar-refractivity contribution is 9.10. The first kappa shape index (κ1) is 14.4. The number of hydrogen-bond donors (Lipinski definition) is 0. The van der Waals surface area contributed by atoms with Crippen molar-refractivity contribution >= 4 is 38.7 Å². The van der Waals surface area contributed by atoms with E-state index in [1.807, 2.05) is 35.8 Å². The quantitative estimate of drug-likeness (QED) is 0.651. The van der Waals surface area contributed by atoms with Crippen LogP contribution in [-0.4, -0.2) is 21.6 Å². The van der Waals surface area contributed by atoms with Crippen LogP contribution < -0.4 is 4.74 Å². The minimum atomic E-state index is 0.305. The average Bonchev–Trinajstić information content (AvgIpc) is 2.87. The molecule has 0 bridgehead atoms. The van der Waals surface area contributed by atoms with E-state index in [1.54, 1.807) is 13.2 Å². The first-order valence-electron chi connectivity index (χ1n) is 6.39. The second kappa shape index (κ2) is 5.66. The number of halogens is 2. The van der Waals surface area contributed by atoms with E-state index in [4.69, 9.17) is 16.3 Å². The number of hydrogen-bond acceptors (Lipinski definition) is 3. The number of benzene rings is 1. The third-order valence-corrected chi connectivity index (χ3v) is 4.56. The van der Waals surface area contributed by atoms with Crippen molar-refractivity contribution in [2.24, 2.45) is 0 Å². The van der Waals surface area contributed by atoms with Crippen molar-refractivity contribution in [1.29, 1.82) is 0 Å². The Bertz CT molecular complexity index is 816. The van der Waals surface area contributed by atoms with E-state index in [0.29, 0.717) is 11.8 Å². The molecule has 0 radical (unpaired) electrons. The van der Waals surface area contributed by atoms with E-state index in [2.05, 4.69) is 25.9 Å². The van der Waals surface area contributed by atoms with E-state index in [1.165, 1.54) is 0 Å². The zero-order chi connectivity index (χ0) is 15.0. The molecule has 0 spiro atoms. The topological polar surface area (TPSA) is 39.9 Å². The standard InChI is InChI=1S/C15H13BrClN3O/c1-9-4-3-5-11(14(9)16)20-12(8-17)18-10-6-7-13(21-2)19-15(10)20/h3-7H,8H2,1-2H3. The molecular formula is C15H13BrClN3O. The summed E-state index contributed by atoms with van der Waals surface area (Å²) in [5.74, 6) is 1.60. The van der Waals surface area contributed by atoms with Crippen LogP contribution in [0, 0.1) is 6.92 Å². The first-order valence-corrected chi connectivity index (χ1v) is 7.72. The number of fused-ring (bicyclic) bond motifs is 1. The lowest BCUT2D eigenvalue weighted by molar-refractivity contribution is 0.399. The van der Waals surface area contributed by atoms with Gasteiger partial charge in [0.2, 0.25) is 5.88 Å². The van der Waals surface area contributed by atoms with Crippen LogP contribution in [0.15, 0.2) is 34.8 Å². The number of nitrogens with zero attached hydrogens (tertiary/aromatic N) is 3. The molecule has 0 aliphatic rings. The zero-order valence-corrected chi connectivity index (χ0v) is 13.9. The lowest BCUT2D eigenvalue weighted by atomic mass is 10.2. The highest BCUT2D eigenvalue weighted by Crippen LogP contribution is 2.30. The van der Waals surface area contributed by atoms with Gasteiger partial charge >= 0.3 is 0 Å². The van der Waals surface area contributed by atoms with Crippen molar-refractivity contribution in [2.45, 2.75) is 12.8 Å². The summed E-state index contributed by atoms with van der Waals surface area (Å²) in [6, 6.07) is 9.73. The van der Waals surface area contributed by atoms with Crippen LogP contribution in [0.2, 0.25) is 0 Å². The Morgan fingerprint density at radius 2 is 2.05 bits per heavy atom. The van der Waals surface area contributed by atoms with Crippen LogP contribution >= 0.6 is 27.5 Å². The van der Waals surface area contributed by atoms with Gasteiger partial charge in [-0.3, -0.25) is 4.57 Å². The minimum Gasteiger partial charge on any atom is -0.481 e. The molecule has 0 saturated heterocycles. The van der Waals surface area contributed by atoms with Gasteiger partial charge in [0.1, 0.15) is 11.3 Å². The van der Waals surface area contributed by atoms with Gasteiger partial charge in [0.15, 0.2) is 5.65 Å². The highest BCUT2D eigenvalue weighted by atomic mass is 79.9. The Morgan fingerprint density at radius 1 is 1.24 bits per heavy atom. The molecule has 0 N–H and O–H groups in total. The lowest BCUT2D eigenvalue weighted by Crippen LogP contribution is -2.02. The third kappa shape index (κ3) is 2.40. The van der Waals surface area contributed by atoms with E-state index in [9.17, 15) is 0 Å². The molecule has 6 heteroatoms. The minimum absolute atomic E-state index is 0.305. The summed E-state index contributed by atoms with van der Waals surface area (Å²) < 4.78 is 8.17. The molecule has 0 atom stereocenters. The molecule has 4 nitrogen and oxygen atoms in total. The SMILES string of the molecule is COc1ccc2nc(CCl)n(-c3cccc(C)c3Br)c2n1. The molecule has 0 unspecified atom stereocenters. The molecule has 3 aromatic rings. The Hall–Kier alpha value is -1.59. The summed E-state index contributed by atoms with van der Waals surface area (Å²) in [6.45, 7) is 2.04. The van der Waals surface area contributed by atoms with Crippen LogP contribution in [0.5, 0.6) is 5.88 Å². The Balaban J connectivity index is 2.36. The van der Waals surface area contributed by atoms with E-state index in [0.717, 1.165) is 32.7 Å². The number of methoxy groups -OCH3 is 1. The first-order chi connectivity index (χ1) is 10.2. The van der Waals surface area contributed by atoms with Crippen LogP contribution in [0.4, 0.5) is 0 Å². The molecule has 2 aromatic heterocycles. The summed E-state index contributed by atoms with van der Waals surface area (Å²) in [7, 11) is 1.60. The zero-order valence-electron chi connectivity index (χ0n) is 11.6. The molecule has 3 rings (SSSR count). The number of ether oxygens (including phenoxy) is 1. The van der Waals surface area contributed by atoms with Crippen molar-refractivity contribution in [3.05, 3.63) is 46.2 Å². The van der Waals surface area contributed by atoms with Crippen molar-refractivity contribution in [2.75, 3.05) is 7.11 Å². The summed E-state index contributed by atoms with van der Waals surface area (Å²) in [6.07, 6.45) is 0. The normalized spacial score (nSPS) is 11.0. The fourth-order valence-corrected chi connectivity index (χ4v) is 2.87. The van der Waals surface area contributed by atoms with Crippen molar-refractivity contribution in [1.82, 2.24) is 14.5 Å². The number of rotatable bonds is 3. The number of aromatic nitrogens is 3. The molecule has 0 aliphatic carbocycles. The third-order valence-electron chi connectivity index (χ3n) is 3.29. The van der Waals surface area contributed by atoms with Gasteiger partial charge in [0, 0.05) is 10.5 Å². The maximum atomic E-state index is 6.06. The van der Waals surface area contributed by atoms with E-state index in [-0.39, 0.29) is 0 Å². The van der Waals surface area contributed by atoms with Crippen LogP contribution in [0.25, 0.3) is 16.9 Å². The van der Waals surface area contributed by atoms with Gasteiger partial charge in [-0.05, 0) is 40.5 Å². The average molecular weight is 367 g/mol. The van der Waals surface area contributed by atoms with E-state index >= 15 is 0 Å². The highest BCUT2D eigenvalue weighted by Gasteiger charge is 2.16. The fourth-order valence-electron chi connectivity index (χ4n) is 2.25. The molecule has 2 heterocycles. The van der Waals surface area contributed by atoms with Crippen molar-refractivity contribution in [3.63, 3.8) is 0 Å². The molecule has 0 amide bonds. The predicted octanol–water partition coefficient (Wildman–Crippen LogP) is 4.24. The maximum Gasteiger partial charge on any atom is 0.215 e. The van der Waals surface area contributed by atoms with Gasteiger partial charge in [-0.2, -0.15) is 4.98 Å². The molecule has 108 valence electrons. The molecule has 0 fully saturated rings. The second-order valence-corrected chi connectivity index (χ2v) is 5.66. The summed E-state index contributed by atoms with van der Waals surface area (Å²) >= 11 is 9.70. The molecule has 0 saturated carbocycles. The van der Waals surface area contributed by atoms with Gasteiger partial charge in [-0.25, -0.2) is 4.98 Å². The Morgan fingerprint density at radius 3 is 2.76 bits per heavy atom.